The molecule has 1 atom stereocenters. The number of aliphatic hydroxyl groups is 1. The first-order valence-electron chi connectivity index (χ1n) is 5.80. The van der Waals surface area contributed by atoms with Crippen LogP contribution in [0.15, 0.2) is 24.5 Å². The molecule has 1 saturated carbocycles. The van der Waals surface area contributed by atoms with Crippen molar-refractivity contribution >= 4 is 0 Å². The molecule has 2 rings (SSSR count). The van der Waals surface area contributed by atoms with E-state index in [0.717, 1.165) is 18.4 Å². The zero-order valence-electron chi connectivity index (χ0n) is 9.32. The Hall–Kier alpha value is -0.890. The average Bonchev–Trinajstić information content (AvgIpc) is 2.30. The van der Waals surface area contributed by atoms with Crippen LogP contribution in [0, 0.1) is 5.41 Å². The van der Waals surface area contributed by atoms with Gasteiger partial charge in [-0.1, -0.05) is 32.3 Å². The zero-order valence-corrected chi connectivity index (χ0v) is 9.32. The van der Waals surface area contributed by atoms with Crippen molar-refractivity contribution < 1.29 is 5.11 Å². The minimum absolute atomic E-state index is 0.0568. The van der Waals surface area contributed by atoms with Crippen molar-refractivity contribution in [3.05, 3.63) is 30.1 Å². The molecule has 0 amide bonds. The summed E-state index contributed by atoms with van der Waals surface area (Å²) in [5.74, 6) is 0. The lowest BCUT2D eigenvalue weighted by Gasteiger charge is -2.38. The van der Waals surface area contributed by atoms with Gasteiger partial charge >= 0.3 is 0 Å². The molecule has 2 nitrogen and oxygen atoms in total. The summed E-state index contributed by atoms with van der Waals surface area (Å²) in [4.78, 5) is 4.07. The maximum atomic E-state index is 10.4. The lowest BCUT2D eigenvalue weighted by molar-refractivity contribution is 0.00797. The lowest BCUT2D eigenvalue weighted by atomic mass is 9.70. The topological polar surface area (TPSA) is 33.1 Å². The first-order chi connectivity index (χ1) is 7.22. The normalized spacial score (nSPS) is 22.3. The molecule has 1 aliphatic rings. The van der Waals surface area contributed by atoms with E-state index in [0.29, 0.717) is 0 Å². The van der Waals surface area contributed by atoms with Crippen LogP contribution in [-0.4, -0.2) is 10.1 Å². The van der Waals surface area contributed by atoms with Gasteiger partial charge in [0.15, 0.2) is 0 Å². The van der Waals surface area contributed by atoms with E-state index >= 15 is 0 Å². The quantitative estimate of drug-likeness (QED) is 0.804. The first kappa shape index (κ1) is 10.6. The first-order valence-corrected chi connectivity index (χ1v) is 5.80. The van der Waals surface area contributed by atoms with E-state index < -0.39 is 0 Å². The molecule has 82 valence electrons. The molecule has 0 bridgehead atoms. The zero-order chi connectivity index (χ0) is 10.7. The molecule has 1 aliphatic carbocycles. The molecule has 15 heavy (non-hydrogen) atoms. The van der Waals surface area contributed by atoms with Gasteiger partial charge in [-0.2, -0.15) is 0 Å². The Morgan fingerprint density at radius 2 is 2.07 bits per heavy atom. The fourth-order valence-electron chi connectivity index (χ4n) is 2.57. The number of nitrogens with zero attached hydrogens (tertiary/aromatic N) is 1. The van der Waals surface area contributed by atoms with E-state index in [1.165, 1.54) is 19.3 Å². The molecule has 0 saturated heterocycles. The van der Waals surface area contributed by atoms with Crippen LogP contribution in [0.1, 0.15) is 50.7 Å². The van der Waals surface area contributed by atoms with Gasteiger partial charge in [-0.15, -0.1) is 0 Å². The third-order valence-corrected chi connectivity index (χ3v) is 3.66. The highest BCUT2D eigenvalue weighted by Gasteiger charge is 2.35. The molecule has 2 heteroatoms. The van der Waals surface area contributed by atoms with E-state index in [4.69, 9.17) is 0 Å². The van der Waals surface area contributed by atoms with E-state index in [9.17, 15) is 5.11 Å². The predicted molar refractivity (Wildman–Crippen MR) is 60.4 cm³/mol. The van der Waals surface area contributed by atoms with E-state index in [2.05, 4.69) is 11.9 Å². The molecule has 0 spiro atoms. The number of aliphatic hydroxyl groups excluding tert-OH is 1. The smallest absolute Gasteiger partial charge is 0.0858 e. The molecule has 1 unspecified atom stereocenters. The van der Waals surface area contributed by atoms with E-state index in [-0.39, 0.29) is 11.5 Å². The van der Waals surface area contributed by atoms with Gasteiger partial charge in [0.25, 0.3) is 0 Å². The Morgan fingerprint density at radius 3 is 2.67 bits per heavy atom. The Morgan fingerprint density at radius 1 is 1.33 bits per heavy atom. The van der Waals surface area contributed by atoms with Crippen LogP contribution >= 0.6 is 0 Å². The highest BCUT2D eigenvalue weighted by Crippen LogP contribution is 2.45. The molecule has 1 N–H and O–H groups in total. The SMILES string of the molecule is CC1(C(O)c2cccnc2)CCCCC1. The van der Waals surface area contributed by atoms with Crippen LogP contribution in [-0.2, 0) is 0 Å². The van der Waals surface area contributed by atoms with Crippen molar-refractivity contribution in [2.45, 2.75) is 45.1 Å². The summed E-state index contributed by atoms with van der Waals surface area (Å²) in [5.41, 5.74) is 1.02. The summed E-state index contributed by atoms with van der Waals surface area (Å²) in [6.07, 6.45) is 9.24. The van der Waals surface area contributed by atoms with Gasteiger partial charge in [0.05, 0.1) is 6.10 Å². The number of aromatic nitrogens is 1. The van der Waals surface area contributed by atoms with Gasteiger partial charge in [0, 0.05) is 12.4 Å². The van der Waals surface area contributed by atoms with Crippen LogP contribution in [0.4, 0.5) is 0 Å². The van der Waals surface area contributed by atoms with Crippen molar-refractivity contribution in [1.82, 2.24) is 4.98 Å². The van der Waals surface area contributed by atoms with Crippen molar-refractivity contribution in [2.24, 2.45) is 5.41 Å². The van der Waals surface area contributed by atoms with Crippen LogP contribution in [0.2, 0.25) is 0 Å². The maximum Gasteiger partial charge on any atom is 0.0858 e. The molecule has 1 heterocycles. The van der Waals surface area contributed by atoms with Crippen molar-refractivity contribution in [2.75, 3.05) is 0 Å². The molecule has 1 aromatic rings. The number of rotatable bonds is 2. The van der Waals surface area contributed by atoms with E-state index in [1.807, 2.05) is 12.1 Å². The molecule has 0 aromatic carbocycles. The van der Waals surface area contributed by atoms with Gasteiger partial charge in [0.1, 0.15) is 0 Å². The largest absolute Gasteiger partial charge is 0.388 e. The summed E-state index contributed by atoms with van der Waals surface area (Å²) >= 11 is 0. The van der Waals surface area contributed by atoms with Gasteiger partial charge < -0.3 is 5.11 Å². The third kappa shape index (κ3) is 2.20. The summed E-state index contributed by atoms with van der Waals surface area (Å²) in [6.45, 7) is 2.20. The van der Waals surface area contributed by atoms with Crippen LogP contribution in [0.3, 0.4) is 0 Å². The second kappa shape index (κ2) is 4.31. The average molecular weight is 205 g/mol. The molecule has 0 radical (unpaired) electrons. The fourth-order valence-corrected chi connectivity index (χ4v) is 2.57. The number of pyridine rings is 1. The Labute approximate surface area is 91.4 Å². The predicted octanol–water partition coefficient (Wildman–Crippen LogP) is 3.09. The summed E-state index contributed by atoms with van der Waals surface area (Å²) in [6, 6.07) is 3.86. The van der Waals surface area contributed by atoms with Gasteiger partial charge in [-0.25, -0.2) is 0 Å². The highest BCUT2D eigenvalue weighted by molar-refractivity contribution is 5.15. The minimum atomic E-state index is -0.355. The molecule has 1 fully saturated rings. The highest BCUT2D eigenvalue weighted by atomic mass is 16.3. The van der Waals surface area contributed by atoms with E-state index in [1.54, 1.807) is 12.4 Å². The summed E-state index contributed by atoms with van der Waals surface area (Å²) < 4.78 is 0. The lowest BCUT2D eigenvalue weighted by Crippen LogP contribution is -2.28. The monoisotopic (exact) mass is 205 g/mol. The van der Waals surface area contributed by atoms with Crippen molar-refractivity contribution in [3.63, 3.8) is 0 Å². The fraction of sp³-hybridized carbons (Fsp3) is 0.615. The molecular formula is C13H19NO. The minimum Gasteiger partial charge on any atom is -0.388 e. The Balaban J connectivity index is 2.16. The summed E-state index contributed by atoms with van der Waals surface area (Å²) in [7, 11) is 0. The number of hydrogen-bond donors (Lipinski definition) is 1. The standard InChI is InChI=1S/C13H19NO/c1-13(7-3-2-4-8-13)12(15)11-6-5-9-14-10-11/h5-6,9-10,12,15H,2-4,7-8H2,1H3. The molecule has 1 aromatic heterocycles. The van der Waals surface area contributed by atoms with Crippen molar-refractivity contribution in [3.8, 4) is 0 Å². The van der Waals surface area contributed by atoms with Gasteiger partial charge in [0.2, 0.25) is 0 Å². The van der Waals surface area contributed by atoms with Gasteiger partial charge in [-0.3, -0.25) is 4.98 Å². The van der Waals surface area contributed by atoms with Crippen LogP contribution in [0.5, 0.6) is 0 Å². The van der Waals surface area contributed by atoms with Crippen LogP contribution < -0.4 is 0 Å². The molecular weight excluding hydrogens is 186 g/mol. The Kier molecular flexibility index (Phi) is 3.06. The number of hydrogen-bond acceptors (Lipinski definition) is 2. The van der Waals surface area contributed by atoms with Gasteiger partial charge in [-0.05, 0) is 29.9 Å². The summed E-state index contributed by atoms with van der Waals surface area (Å²) in [5, 5.41) is 10.4. The third-order valence-electron chi connectivity index (χ3n) is 3.66. The molecule has 0 aliphatic heterocycles. The van der Waals surface area contributed by atoms with Crippen molar-refractivity contribution in [1.29, 1.82) is 0 Å². The maximum absolute atomic E-state index is 10.4. The van der Waals surface area contributed by atoms with Crippen LogP contribution in [0.25, 0.3) is 0 Å². The Bertz CT molecular complexity index is 304. The second-order valence-electron chi connectivity index (χ2n) is 4.90. The second-order valence-corrected chi connectivity index (χ2v) is 4.90.